The summed E-state index contributed by atoms with van der Waals surface area (Å²) in [6.07, 6.45) is 13.2. The SMILES string of the molecule is CC(/C=N/O)[C@H]1CC[C@H]2[C@@H]3CCC4=CC(=O)CC[C@]4(C)[C@H]3CC[C@]12C. The summed E-state index contributed by atoms with van der Waals surface area (Å²) in [6, 6.07) is 0. The molecule has 4 rings (SSSR count). The van der Waals surface area contributed by atoms with Gasteiger partial charge in [0, 0.05) is 12.6 Å². The highest BCUT2D eigenvalue weighted by Gasteiger charge is 2.59. The van der Waals surface area contributed by atoms with Crippen LogP contribution in [0.25, 0.3) is 0 Å². The summed E-state index contributed by atoms with van der Waals surface area (Å²) < 4.78 is 0. The molecule has 25 heavy (non-hydrogen) atoms. The van der Waals surface area contributed by atoms with Crippen molar-refractivity contribution in [1.29, 1.82) is 0 Å². The molecular formula is C22H33NO2. The van der Waals surface area contributed by atoms with E-state index in [1.54, 1.807) is 6.21 Å². The zero-order valence-electron chi connectivity index (χ0n) is 16.0. The van der Waals surface area contributed by atoms with Gasteiger partial charge in [0.1, 0.15) is 0 Å². The van der Waals surface area contributed by atoms with Crippen molar-refractivity contribution in [2.24, 2.45) is 45.6 Å². The van der Waals surface area contributed by atoms with Gasteiger partial charge in [-0.15, -0.1) is 5.16 Å². The zero-order chi connectivity index (χ0) is 17.8. The summed E-state index contributed by atoms with van der Waals surface area (Å²) in [6.45, 7) is 7.20. The van der Waals surface area contributed by atoms with Crippen molar-refractivity contribution in [2.45, 2.75) is 72.1 Å². The summed E-state index contributed by atoms with van der Waals surface area (Å²) in [5, 5.41) is 12.3. The Morgan fingerprint density at radius 3 is 2.72 bits per heavy atom. The van der Waals surface area contributed by atoms with E-state index in [0.29, 0.717) is 23.0 Å². The fourth-order valence-electron chi connectivity index (χ4n) is 7.67. The van der Waals surface area contributed by atoms with Gasteiger partial charge in [0.05, 0.1) is 0 Å². The van der Waals surface area contributed by atoms with Crippen molar-refractivity contribution >= 4 is 12.0 Å². The quantitative estimate of drug-likeness (QED) is 0.424. The maximum atomic E-state index is 11.9. The Balaban J connectivity index is 1.62. The number of fused-ring (bicyclic) bond motifs is 5. The third-order valence-electron chi connectivity index (χ3n) is 8.97. The Hall–Kier alpha value is -1.12. The van der Waals surface area contributed by atoms with Crippen molar-refractivity contribution in [3.63, 3.8) is 0 Å². The minimum Gasteiger partial charge on any atom is -0.411 e. The van der Waals surface area contributed by atoms with Crippen LogP contribution in [0.2, 0.25) is 0 Å². The van der Waals surface area contributed by atoms with Crippen LogP contribution in [-0.4, -0.2) is 17.2 Å². The standard InChI is InChI=1S/C22H33NO2/c1-14(13-23-25)18-6-7-19-17-5-4-15-12-16(24)8-10-21(15,2)20(17)9-11-22(18,19)3/h12-14,17-20,25H,4-11H2,1-3H3/b23-13+/t14?,17-,18+,19-,20-,21-,22+/m0/s1. The number of rotatable bonds is 2. The van der Waals surface area contributed by atoms with Crippen LogP contribution in [0.4, 0.5) is 0 Å². The van der Waals surface area contributed by atoms with E-state index in [-0.39, 0.29) is 5.41 Å². The highest BCUT2D eigenvalue weighted by molar-refractivity contribution is 5.91. The lowest BCUT2D eigenvalue weighted by molar-refractivity contribution is -0.117. The molecule has 0 aromatic carbocycles. The molecule has 0 saturated heterocycles. The molecule has 0 spiro atoms. The van der Waals surface area contributed by atoms with Crippen molar-refractivity contribution in [1.82, 2.24) is 0 Å². The first kappa shape index (κ1) is 17.3. The first-order valence-electron chi connectivity index (χ1n) is 10.3. The van der Waals surface area contributed by atoms with E-state index in [1.165, 1.54) is 37.7 Å². The van der Waals surface area contributed by atoms with Crippen LogP contribution in [0, 0.1) is 40.4 Å². The Labute approximate surface area is 151 Å². The van der Waals surface area contributed by atoms with Crippen molar-refractivity contribution in [2.75, 3.05) is 0 Å². The monoisotopic (exact) mass is 343 g/mol. The van der Waals surface area contributed by atoms with E-state index in [9.17, 15) is 4.79 Å². The van der Waals surface area contributed by atoms with Gasteiger partial charge in [-0.2, -0.15) is 0 Å². The second-order valence-electron chi connectivity index (χ2n) is 9.82. The molecule has 0 heterocycles. The fourth-order valence-corrected chi connectivity index (χ4v) is 7.67. The maximum Gasteiger partial charge on any atom is 0.155 e. The number of allylic oxidation sites excluding steroid dienone is 1. The van der Waals surface area contributed by atoms with E-state index in [1.807, 2.05) is 6.08 Å². The predicted octanol–water partition coefficient (Wildman–Crippen LogP) is 5.23. The summed E-state index contributed by atoms with van der Waals surface area (Å²) in [4.78, 5) is 11.9. The smallest absolute Gasteiger partial charge is 0.155 e. The van der Waals surface area contributed by atoms with Crippen LogP contribution in [-0.2, 0) is 4.79 Å². The molecule has 3 nitrogen and oxygen atoms in total. The largest absolute Gasteiger partial charge is 0.411 e. The number of carbonyl (C=O) groups is 1. The third kappa shape index (κ3) is 2.44. The molecular weight excluding hydrogens is 310 g/mol. The molecule has 4 aliphatic carbocycles. The number of ketones is 1. The van der Waals surface area contributed by atoms with Crippen molar-refractivity contribution in [3.05, 3.63) is 11.6 Å². The fraction of sp³-hybridized carbons (Fsp3) is 0.818. The Bertz CT molecular complexity index is 624. The molecule has 7 atom stereocenters. The molecule has 138 valence electrons. The van der Waals surface area contributed by atoms with Crippen LogP contribution in [0.1, 0.15) is 72.1 Å². The highest BCUT2D eigenvalue weighted by Crippen LogP contribution is 2.67. The lowest BCUT2D eigenvalue weighted by Crippen LogP contribution is -2.51. The van der Waals surface area contributed by atoms with Crippen LogP contribution < -0.4 is 0 Å². The van der Waals surface area contributed by atoms with Gasteiger partial charge in [0.25, 0.3) is 0 Å². The molecule has 0 radical (unpaired) electrons. The van der Waals surface area contributed by atoms with Gasteiger partial charge >= 0.3 is 0 Å². The van der Waals surface area contributed by atoms with Crippen LogP contribution >= 0.6 is 0 Å². The average Bonchev–Trinajstić information content (AvgIpc) is 2.93. The number of oxime groups is 1. The lowest BCUT2D eigenvalue weighted by atomic mass is 9.46. The van der Waals surface area contributed by atoms with E-state index in [0.717, 1.165) is 37.0 Å². The van der Waals surface area contributed by atoms with E-state index < -0.39 is 0 Å². The van der Waals surface area contributed by atoms with Gasteiger partial charge in [0.15, 0.2) is 5.78 Å². The zero-order valence-corrected chi connectivity index (χ0v) is 16.0. The lowest BCUT2D eigenvalue weighted by Gasteiger charge is -2.58. The van der Waals surface area contributed by atoms with Gasteiger partial charge in [-0.25, -0.2) is 0 Å². The molecule has 4 aliphatic rings. The Morgan fingerprint density at radius 1 is 1.16 bits per heavy atom. The molecule has 3 saturated carbocycles. The molecule has 3 fully saturated rings. The third-order valence-corrected chi connectivity index (χ3v) is 8.97. The topological polar surface area (TPSA) is 49.7 Å². The van der Waals surface area contributed by atoms with E-state index in [2.05, 4.69) is 25.9 Å². The molecule has 3 heteroatoms. The maximum absolute atomic E-state index is 11.9. The molecule has 0 aliphatic heterocycles. The number of hydrogen-bond acceptors (Lipinski definition) is 3. The van der Waals surface area contributed by atoms with Crippen LogP contribution in [0.15, 0.2) is 16.8 Å². The summed E-state index contributed by atoms with van der Waals surface area (Å²) in [5.41, 5.74) is 2.13. The first-order valence-corrected chi connectivity index (χ1v) is 10.3. The van der Waals surface area contributed by atoms with Gasteiger partial charge < -0.3 is 5.21 Å². The molecule has 0 aromatic heterocycles. The second kappa shape index (κ2) is 5.96. The molecule has 0 bridgehead atoms. The number of carbonyl (C=O) groups excluding carboxylic acids is 1. The molecule has 1 N–H and O–H groups in total. The second-order valence-corrected chi connectivity index (χ2v) is 9.82. The summed E-state index contributed by atoms with van der Waals surface area (Å²) in [7, 11) is 0. The Morgan fingerprint density at radius 2 is 1.96 bits per heavy atom. The highest BCUT2D eigenvalue weighted by atomic mass is 16.4. The number of hydrogen-bond donors (Lipinski definition) is 1. The summed E-state index contributed by atoms with van der Waals surface area (Å²) >= 11 is 0. The van der Waals surface area contributed by atoms with E-state index in [4.69, 9.17) is 5.21 Å². The van der Waals surface area contributed by atoms with Gasteiger partial charge in [0.2, 0.25) is 0 Å². The van der Waals surface area contributed by atoms with Gasteiger partial charge in [-0.3, -0.25) is 4.79 Å². The first-order chi connectivity index (χ1) is 11.9. The van der Waals surface area contributed by atoms with Crippen LogP contribution in [0.5, 0.6) is 0 Å². The minimum atomic E-state index is 0.272. The summed E-state index contributed by atoms with van der Waals surface area (Å²) in [5.74, 6) is 3.74. The van der Waals surface area contributed by atoms with E-state index >= 15 is 0 Å². The normalized spacial score (nSPS) is 47.8. The number of nitrogens with zero attached hydrogens (tertiary/aromatic N) is 1. The molecule has 0 amide bonds. The van der Waals surface area contributed by atoms with Gasteiger partial charge in [-0.1, -0.05) is 26.3 Å². The Kier molecular flexibility index (Phi) is 4.12. The van der Waals surface area contributed by atoms with Crippen molar-refractivity contribution < 1.29 is 10.0 Å². The molecule has 0 aromatic rings. The van der Waals surface area contributed by atoms with Crippen molar-refractivity contribution in [3.8, 4) is 0 Å². The van der Waals surface area contributed by atoms with Crippen LogP contribution in [0.3, 0.4) is 0 Å². The molecule has 1 unspecified atom stereocenters. The average molecular weight is 344 g/mol. The van der Waals surface area contributed by atoms with Gasteiger partial charge in [-0.05, 0) is 91.4 Å². The minimum absolute atomic E-state index is 0.272. The predicted molar refractivity (Wildman–Crippen MR) is 99.6 cm³/mol.